The second kappa shape index (κ2) is 5.46. The average molecular weight is 225 g/mol. The van der Waals surface area contributed by atoms with Crippen LogP contribution in [0.2, 0.25) is 0 Å². The molecule has 1 rings (SSSR count). The Balaban J connectivity index is 2.99. The summed E-state index contributed by atoms with van der Waals surface area (Å²) in [6, 6.07) is 5.84. The highest BCUT2D eigenvalue weighted by Crippen LogP contribution is 2.20. The number of hydrogen-bond acceptors (Lipinski definition) is 3. The van der Waals surface area contributed by atoms with E-state index in [2.05, 4.69) is 5.43 Å². The average Bonchev–Trinajstić information content (AvgIpc) is 2.31. The molecule has 1 aromatic rings. The number of para-hydroxylation sites is 1. The van der Waals surface area contributed by atoms with Gasteiger partial charge in [0.1, 0.15) is 11.9 Å². The first-order valence-corrected chi connectivity index (χ1v) is 5.13. The third-order valence-electron chi connectivity index (χ3n) is 2.49. The lowest BCUT2D eigenvalue weighted by Gasteiger charge is -2.28. The smallest absolute Gasteiger partial charge is 0.256 e. The Morgan fingerprint density at radius 1 is 1.56 bits per heavy atom. The second-order valence-electron chi connectivity index (χ2n) is 3.42. The molecule has 0 aliphatic heterocycles. The van der Waals surface area contributed by atoms with E-state index in [1.807, 2.05) is 6.92 Å². The summed E-state index contributed by atoms with van der Waals surface area (Å²) in [6.45, 7) is 4.06. The van der Waals surface area contributed by atoms with Crippen molar-refractivity contribution < 1.29 is 9.18 Å². The van der Waals surface area contributed by atoms with Crippen LogP contribution in [0.3, 0.4) is 0 Å². The third kappa shape index (κ3) is 2.49. The van der Waals surface area contributed by atoms with Gasteiger partial charge in [0, 0.05) is 6.54 Å². The number of rotatable bonds is 4. The molecule has 0 bridgehead atoms. The summed E-state index contributed by atoms with van der Waals surface area (Å²) < 4.78 is 13.5. The van der Waals surface area contributed by atoms with Crippen LogP contribution in [0.1, 0.15) is 13.8 Å². The van der Waals surface area contributed by atoms with Gasteiger partial charge >= 0.3 is 0 Å². The Hall–Kier alpha value is -1.62. The first-order chi connectivity index (χ1) is 7.61. The molecular weight excluding hydrogens is 209 g/mol. The van der Waals surface area contributed by atoms with Gasteiger partial charge in [-0.3, -0.25) is 10.2 Å². The first kappa shape index (κ1) is 12.4. The van der Waals surface area contributed by atoms with Gasteiger partial charge in [-0.15, -0.1) is 0 Å². The van der Waals surface area contributed by atoms with E-state index in [0.717, 1.165) is 0 Å². The Morgan fingerprint density at radius 3 is 2.69 bits per heavy atom. The molecule has 5 heteroatoms. The van der Waals surface area contributed by atoms with Gasteiger partial charge in [-0.1, -0.05) is 12.1 Å². The largest absolute Gasteiger partial charge is 0.358 e. The van der Waals surface area contributed by atoms with Crippen LogP contribution in [0.5, 0.6) is 0 Å². The molecule has 1 amide bonds. The molecule has 88 valence electrons. The molecule has 4 nitrogen and oxygen atoms in total. The van der Waals surface area contributed by atoms with E-state index in [1.54, 1.807) is 30.0 Å². The molecule has 0 spiro atoms. The van der Waals surface area contributed by atoms with Crippen molar-refractivity contribution in [1.82, 2.24) is 5.43 Å². The van der Waals surface area contributed by atoms with Gasteiger partial charge in [0.15, 0.2) is 0 Å². The van der Waals surface area contributed by atoms with Gasteiger partial charge in [0.25, 0.3) is 5.91 Å². The van der Waals surface area contributed by atoms with Gasteiger partial charge in [-0.2, -0.15) is 0 Å². The zero-order valence-electron chi connectivity index (χ0n) is 9.40. The number of anilines is 1. The number of hydrogen-bond donors (Lipinski definition) is 2. The molecule has 0 radical (unpaired) electrons. The van der Waals surface area contributed by atoms with Crippen molar-refractivity contribution >= 4 is 11.6 Å². The Kier molecular flexibility index (Phi) is 4.25. The number of carbonyl (C=O) groups excluding carboxylic acids is 1. The standard InChI is InChI=1S/C11H16FN3O/c1-3-15(8(2)11(16)14-13)10-7-5-4-6-9(10)12/h4-8H,3,13H2,1-2H3,(H,14,16). The normalized spacial score (nSPS) is 12.0. The fourth-order valence-corrected chi connectivity index (χ4v) is 1.60. The van der Waals surface area contributed by atoms with Crippen LogP contribution >= 0.6 is 0 Å². The molecule has 1 atom stereocenters. The summed E-state index contributed by atoms with van der Waals surface area (Å²) in [6.07, 6.45) is 0. The van der Waals surface area contributed by atoms with Crippen LogP contribution < -0.4 is 16.2 Å². The van der Waals surface area contributed by atoms with E-state index < -0.39 is 6.04 Å². The third-order valence-corrected chi connectivity index (χ3v) is 2.49. The van der Waals surface area contributed by atoms with E-state index in [0.29, 0.717) is 12.2 Å². The Morgan fingerprint density at radius 2 is 2.19 bits per heavy atom. The minimum Gasteiger partial charge on any atom is -0.358 e. The molecule has 0 aromatic heterocycles. The van der Waals surface area contributed by atoms with E-state index >= 15 is 0 Å². The summed E-state index contributed by atoms with van der Waals surface area (Å²) in [5.74, 6) is 4.37. The molecule has 16 heavy (non-hydrogen) atoms. The van der Waals surface area contributed by atoms with Crippen LogP contribution in [0, 0.1) is 5.82 Å². The summed E-state index contributed by atoms with van der Waals surface area (Å²) in [4.78, 5) is 13.0. The maximum atomic E-state index is 13.5. The maximum absolute atomic E-state index is 13.5. The summed E-state index contributed by atoms with van der Waals surface area (Å²) in [5, 5.41) is 0. The molecule has 0 aliphatic rings. The van der Waals surface area contributed by atoms with Crippen LogP contribution in [0.25, 0.3) is 0 Å². The van der Waals surface area contributed by atoms with Crippen molar-refractivity contribution in [3.8, 4) is 0 Å². The minimum absolute atomic E-state index is 0.342. The maximum Gasteiger partial charge on any atom is 0.256 e. The minimum atomic E-state index is -0.508. The highest BCUT2D eigenvalue weighted by molar-refractivity contribution is 5.84. The van der Waals surface area contributed by atoms with Gasteiger partial charge in [-0.25, -0.2) is 10.2 Å². The molecule has 0 heterocycles. The van der Waals surface area contributed by atoms with E-state index in [-0.39, 0.29) is 11.7 Å². The zero-order chi connectivity index (χ0) is 12.1. The molecule has 0 aliphatic carbocycles. The van der Waals surface area contributed by atoms with E-state index in [9.17, 15) is 9.18 Å². The number of amides is 1. The number of benzene rings is 1. The van der Waals surface area contributed by atoms with Gasteiger partial charge in [-0.05, 0) is 26.0 Å². The van der Waals surface area contributed by atoms with Crippen molar-refractivity contribution in [3.63, 3.8) is 0 Å². The lowest BCUT2D eigenvalue weighted by Crippen LogP contribution is -2.47. The number of likely N-dealkylation sites (N-methyl/N-ethyl adjacent to an activating group) is 1. The zero-order valence-corrected chi connectivity index (χ0v) is 9.40. The Labute approximate surface area is 94.2 Å². The van der Waals surface area contributed by atoms with Crippen molar-refractivity contribution in [2.75, 3.05) is 11.4 Å². The lowest BCUT2D eigenvalue weighted by molar-refractivity contribution is -0.122. The summed E-state index contributed by atoms with van der Waals surface area (Å²) in [7, 11) is 0. The lowest BCUT2D eigenvalue weighted by atomic mass is 10.2. The van der Waals surface area contributed by atoms with Gasteiger partial charge in [0.05, 0.1) is 5.69 Å². The quantitative estimate of drug-likeness (QED) is 0.457. The predicted octanol–water partition coefficient (Wildman–Crippen LogP) is 1.03. The van der Waals surface area contributed by atoms with Gasteiger partial charge < -0.3 is 4.90 Å². The van der Waals surface area contributed by atoms with Crippen LogP contribution in [-0.4, -0.2) is 18.5 Å². The molecule has 0 fully saturated rings. The van der Waals surface area contributed by atoms with E-state index in [1.165, 1.54) is 6.07 Å². The number of halogens is 1. The van der Waals surface area contributed by atoms with Crippen molar-refractivity contribution in [1.29, 1.82) is 0 Å². The SMILES string of the molecule is CCN(c1ccccc1F)C(C)C(=O)NN. The van der Waals surface area contributed by atoms with Crippen molar-refractivity contribution in [2.24, 2.45) is 5.84 Å². The van der Waals surface area contributed by atoms with E-state index in [4.69, 9.17) is 5.84 Å². The summed E-state index contributed by atoms with van der Waals surface area (Å²) in [5.41, 5.74) is 2.47. The number of nitrogens with two attached hydrogens (primary N) is 1. The summed E-state index contributed by atoms with van der Waals surface area (Å²) >= 11 is 0. The number of nitrogens with zero attached hydrogens (tertiary/aromatic N) is 1. The Bertz CT molecular complexity index is 370. The fourth-order valence-electron chi connectivity index (χ4n) is 1.60. The number of nitrogens with one attached hydrogen (secondary N) is 1. The fraction of sp³-hybridized carbons (Fsp3) is 0.364. The van der Waals surface area contributed by atoms with Crippen LogP contribution in [0.15, 0.2) is 24.3 Å². The predicted molar refractivity (Wildman–Crippen MR) is 61.2 cm³/mol. The molecule has 0 saturated carbocycles. The first-order valence-electron chi connectivity index (χ1n) is 5.13. The molecule has 1 unspecified atom stereocenters. The number of carbonyl (C=O) groups is 1. The highest BCUT2D eigenvalue weighted by Gasteiger charge is 2.21. The number of hydrazine groups is 1. The topological polar surface area (TPSA) is 58.4 Å². The molecule has 1 aromatic carbocycles. The monoisotopic (exact) mass is 225 g/mol. The van der Waals surface area contributed by atoms with Crippen LogP contribution in [0.4, 0.5) is 10.1 Å². The molecule has 3 N–H and O–H groups in total. The van der Waals surface area contributed by atoms with Crippen molar-refractivity contribution in [2.45, 2.75) is 19.9 Å². The van der Waals surface area contributed by atoms with Gasteiger partial charge in [0.2, 0.25) is 0 Å². The van der Waals surface area contributed by atoms with Crippen molar-refractivity contribution in [3.05, 3.63) is 30.1 Å². The second-order valence-corrected chi connectivity index (χ2v) is 3.42. The highest BCUT2D eigenvalue weighted by atomic mass is 19.1. The molecular formula is C11H16FN3O. The van der Waals surface area contributed by atoms with Crippen LogP contribution in [-0.2, 0) is 4.79 Å². The molecule has 0 saturated heterocycles.